The van der Waals surface area contributed by atoms with Gasteiger partial charge in [0.15, 0.2) is 0 Å². The van der Waals surface area contributed by atoms with Crippen molar-refractivity contribution in [3.05, 3.63) is 29.8 Å². The molecule has 6 nitrogen and oxygen atoms in total. The Balaban J connectivity index is 0.00000364. The number of hydrogen-bond acceptors (Lipinski definition) is 4. The van der Waals surface area contributed by atoms with Gasteiger partial charge in [-0.15, -0.1) is 24.8 Å². The van der Waals surface area contributed by atoms with Crippen LogP contribution in [0.2, 0.25) is 0 Å². The highest BCUT2D eigenvalue weighted by molar-refractivity contribution is 5.95. The van der Waals surface area contributed by atoms with E-state index in [0.29, 0.717) is 0 Å². The molecule has 2 amide bonds. The Labute approximate surface area is 180 Å². The van der Waals surface area contributed by atoms with Crippen molar-refractivity contribution in [1.29, 1.82) is 0 Å². The van der Waals surface area contributed by atoms with Crippen LogP contribution in [0.4, 0.5) is 5.69 Å². The summed E-state index contributed by atoms with van der Waals surface area (Å²) in [5, 5.41) is 5.36. The van der Waals surface area contributed by atoms with Crippen LogP contribution >= 0.6 is 24.8 Å². The Kier molecular flexibility index (Phi) is 12.4. The molecule has 160 valence electrons. The predicted octanol–water partition coefficient (Wildman–Crippen LogP) is 2.80. The van der Waals surface area contributed by atoms with Crippen LogP contribution in [0, 0.1) is 11.8 Å². The van der Waals surface area contributed by atoms with E-state index in [9.17, 15) is 9.59 Å². The third-order valence-electron chi connectivity index (χ3n) is 4.96. The molecular formula is C20H34Cl2N4O2. The number of nitrogens with zero attached hydrogens (tertiary/aromatic N) is 1. The SMILES string of the molecule is CC1CCN(Cc2ccc(NC(=O)CNC(=O)[C@@H](N)C(C)C)cc2)CC1.Cl.Cl. The monoisotopic (exact) mass is 432 g/mol. The van der Waals surface area contributed by atoms with Gasteiger partial charge in [0.25, 0.3) is 0 Å². The summed E-state index contributed by atoms with van der Waals surface area (Å²) in [4.78, 5) is 26.2. The highest BCUT2D eigenvalue weighted by Gasteiger charge is 2.18. The fraction of sp³-hybridized carbons (Fsp3) is 0.600. The molecule has 0 unspecified atom stereocenters. The highest BCUT2D eigenvalue weighted by Crippen LogP contribution is 2.19. The lowest BCUT2D eigenvalue weighted by Crippen LogP contribution is -2.46. The van der Waals surface area contributed by atoms with E-state index in [2.05, 4.69) is 22.5 Å². The summed E-state index contributed by atoms with van der Waals surface area (Å²) in [6.07, 6.45) is 2.53. The normalized spacial score (nSPS) is 15.9. The average Bonchev–Trinajstić information content (AvgIpc) is 2.62. The maximum atomic E-state index is 12.0. The third kappa shape index (κ3) is 8.78. The summed E-state index contributed by atoms with van der Waals surface area (Å²) < 4.78 is 0. The molecule has 0 aliphatic carbocycles. The number of nitrogens with one attached hydrogen (secondary N) is 2. The molecule has 1 atom stereocenters. The molecule has 0 bridgehead atoms. The van der Waals surface area contributed by atoms with E-state index in [4.69, 9.17) is 5.73 Å². The zero-order chi connectivity index (χ0) is 19.1. The highest BCUT2D eigenvalue weighted by atomic mass is 35.5. The van der Waals surface area contributed by atoms with Gasteiger partial charge >= 0.3 is 0 Å². The molecule has 4 N–H and O–H groups in total. The van der Waals surface area contributed by atoms with Crippen LogP contribution < -0.4 is 16.4 Å². The van der Waals surface area contributed by atoms with Crippen LogP contribution in [0.15, 0.2) is 24.3 Å². The van der Waals surface area contributed by atoms with Crippen LogP contribution in [0.25, 0.3) is 0 Å². The van der Waals surface area contributed by atoms with Crippen molar-refractivity contribution < 1.29 is 9.59 Å². The number of benzene rings is 1. The Morgan fingerprint density at radius 3 is 2.25 bits per heavy atom. The first-order valence-corrected chi connectivity index (χ1v) is 9.49. The average molecular weight is 433 g/mol. The number of halogens is 2. The molecule has 8 heteroatoms. The first-order valence-electron chi connectivity index (χ1n) is 9.49. The molecule has 0 saturated carbocycles. The lowest BCUT2D eigenvalue weighted by molar-refractivity contribution is -0.125. The standard InChI is InChI=1S/C20H32N4O2.2ClH/c1-14(2)19(21)20(26)22-12-18(25)23-17-6-4-16(5-7-17)13-24-10-8-15(3)9-11-24;;/h4-7,14-15,19H,8-13,21H2,1-3H3,(H,22,26)(H,23,25);2*1H/t19-;;/m0../s1. The molecule has 1 fully saturated rings. The van der Waals surface area contributed by atoms with Crippen molar-refractivity contribution in [2.24, 2.45) is 17.6 Å². The van der Waals surface area contributed by atoms with E-state index < -0.39 is 6.04 Å². The smallest absolute Gasteiger partial charge is 0.243 e. The molecule has 0 aromatic heterocycles. The van der Waals surface area contributed by atoms with Crippen molar-refractivity contribution in [2.45, 2.75) is 46.2 Å². The number of carbonyl (C=O) groups excluding carboxylic acids is 2. The van der Waals surface area contributed by atoms with Gasteiger partial charge in [-0.2, -0.15) is 0 Å². The zero-order valence-corrected chi connectivity index (χ0v) is 18.6. The minimum absolute atomic E-state index is 0. The minimum atomic E-state index is -0.597. The van der Waals surface area contributed by atoms with Gasteiger partial charge in [0.2, 0.25) is 11.8 Å². The number of anilines is 1. The van der Waals surface area contributed by atoms with Crippen LogP contribution in [0.1, 0.15) is 39.2 Å². The third-order valence-corrected chi connectivity index (χ3v) is 4.96. The second kappa shape index (κ2) is 13.0. The fourth-order valence-electron chi connectivity index (χ4n) is 2.97. The van der Waals surface area contributed by atoms with E-state index in [1.54, 1.807) is 0 Å². The molecule has 0 radical (unpaired) electrons. The zero-order valence-electron chi connectivity index (χ0n) is 16.9. The van der Waals surface area contributed by atoms with Crippen LogP contribution in [0.3, 0.4) is 0 Å². The Morgan fingerprint density at radius 2 is 1.71 bits per heavy atom. The Hall–Kier alpha value is -1.34. The maximum Gasteiger partial charge on any atom is 0.243 e. The number of nitrogens with two attached hydrogens (primary N) is 1. The van der Waals surface area contributed by atoms with Gasteiger partial charge in [0.1, 0.15) is 0 Å². The number of likely N-dealkylation sites (tertiary alicyclic amines) is 1. The molecule has 28 heavy (non-hydrogen) atoms. The van der Waals surface area contributed by atoms with Gasteiger partial charge in [0.05, 0.1) is 12.6 Å². The number of carbonyl (C=O) groups is 2. The van der Waals surface area contributed by atoms with Gasteiger partial charge in [-0.25, -0.2) is 0 Å². The molecular weight excluding hydrogens is 399 g/mol. The van der Waals surface area contributed by atoms with Crippen molar-refractivity contribution in [2.75, 3.05) is 25.0 Å². The van der Waals surface area contributed by atoms with E-state index in [1.165, 1.54) is 18.4 Å². The van der Waals surface area contributed by atoms with Gasteiger partial charge in [-0.1, -0.05) is 32.9 Å². The second-order valence-corrected chi connectivity index (χ2v) is 7.69. The number of amides is 2. The lowest BCUT2D eigenvalue weighted by atomic mass is 9.99. The van der Waals surface area contributed by atoms with Crippen molar-refractivity contribution >= 4 is 42.3 Å². The summed E-state index contributed by atoms with van der Waals surface area (Å²) in [5.41, 5.74) is 7.73. The fourth-order valence-corrected chi connectivity index (χ4v) is 2.97. The largest absolute Gasteiger partial charge is 0.346 e. The minimum Gasteiger partial charge on any atom is -0.346 e. The first-order chi connectivity index (χ1) is 12.3. The Bertz CT molecular complexity index is 603. The summed E-state index contributed by atoms with van der Waals surface area (Å²) in [6, 6.07) is 7.30. The second-order valence-electron chi connectivity index (χ2n) is 7.69. The predicted molar refractivity (Wildman–Crippen MR) is 119 cm³/mol. The van der Waals surface area contributed by atoms with E-state index in [0.717, 1.165) is 31.2 Å². The van der Waals surface area contributed by atoms with Gasteiger partial charge in [0, 0.05) is 12.2 Å². The van der Waals surface area contributed by atoms with Gasteiger partial charge in [-0.05, 0) is 55.5 Å². The molecule has 1 aromatic carbocycles. The maximum absolute atomic E-state index is 12.0. The molecule has 1 saturated heterocycles. The van der Waals surface area contributed by atoms with Crippen LogP contribution in [0.5, 0.6) is 0 Å². The van der Waals surface area contributed by atoms with Crippen molar-refractivity contribution in [3.8, 4) is 0 Å². The van der Waals surface area contributed by atoms with E-state index in [-0.39, 0.29) is 49.1 Å². The van der Waals surface area contributed by atoms with E-state index in [1.807, 2.05) is 38.1 Å². The molecule has 1 aliphatic rings. The van der Waals surface area contributed by atoms with E-state index >= 15 is 0 Å². The van der Waals surface area contributed by atoms with Crippen molar-refractivity contribution in [1.82, 2.24) is 10.2 Å². The summed E-state index contributed by atoms with van der Waals surface area (Å²) in [6.45, 7) is 9.23. The first kappa shape index (κ1) is 26.7. The number of rotatable bonds is 7. The van der Waals surface area contributed by atoms with Crippen molar-refractivity contribution in [3.63, 3.8) is 0 Å². The molecule has 1 aliphatic heterocycles. The summed E-state index contributed by atoms with van der Waals surface area (Å²) >= 11 is 0. The number of piperidine rings is 1. The summed E-state index contributed by atoms with van der Waals surface area (Å²) in [7, 11) is 0. The number of hydrogen-bond donors (Lipinski definition) is 3. The van der Waals surface area contributed by atoms with Gasteiger partial charge < -0.3 is 16.4 Å². The summed E-state index contributed by atoms with van der Waals surface area (Å²) in [5.74, 6) is 0.307. The molecule has 2 rings (SSSR count). The van der Waals surface area contributed by atoms with Crippen LogP contribution in [-0.4, -0.2) is 42.4 Å². The topological polar surface area (TPSA) is 87.5 Å². The quantitative estimate of drug-likeness (QED) is 0.617. The Morgan fingerprint density at radius 1 is 1.14 bits per heavy atom. The lowest BCUT2D eigenvalue weighted by Gasteiger charge is -2.30. The van der Waals surface area contributed by atoms with Crippen LogP contribution in [-0.2, 0) is 16.1 Å². The molecule has 0 spiro atoms. The molecule has 1 aromatic rings. The van der Waals surface area contributed by atoms with Gasteiger partial charge in [-0.3, -0.25) is 14.5 Å². The molecule has 1 heterocycles.